The highest BCUT2D eigenvalue weighted by Gasteiger charge is 2.15. The molecule has 1 fully saturated rings. The molecule has 3 heterocycles. The van der Waals surface area contributed by atoms with Gasteiger partial charge in [0.25, 0.3) is 0 Å². The number of hydrogen-bond acceptors (Lipinski definition) is 5. The van der Waals surface area contributed by atoms with Crippen LogP contribution in [0.4, 0.5) is 5.95 Å². The fraction of sp³-hybridized carbons (Fsp3) is 0.400. The summed E-state index contributed by atoms with van der Waals surface area (Å²) in [5, 5.41) is 3.40. The van der Waals surface area contributed by atoms with E-state index in [0.29, 0.717) is 12.0 Å². The number of aromatic nitrogens is 3. The molecule has 1 saturated heterocycles. The zero-order valence-electron chi connectivity index (χ0n) is 11.5. The minimum Gasteiger partial charge on any atom is -0.381 e. The number of hydrogen-bond donors (Lipinski definition) is 1. The number of pyridine rings is 1. The summed E-state index contributed by atoms with van der Waals surface area (Å²) in [6.07, 6.45) is 7.43. The molecule has 0 radical (unpaired) electrons. The summed E-state index contributed by atoms with van der Waals surface area (Å²) in [7, 11) is 0. The summed E-state index contributed by atoms with van der Waals surface area (Å²) in [5.41, 5.74) is 3.08. The van der Waals surface area contributed by atoms with Crippen molar-refractivity contribution in [1.29, 1.82) is 0 Å². The van der Waals surface area contributed by atoms with E-state index in [-0.39, 0.29) is 0 Å². The molecule has 0 amide bonds. The van der Waals surface area contributed by atoms with Crippen LogP contribution in [-0.4, -0.2) is 34.2 Å². The van der Waals surface area contributed by atoms with Crippen molar-refractivity contribution < 1.29 is 4.74 Å². The predicted octanol–water partition coefficient (Wildman–Crippen LogP) is 2.44. The van der Waals surface area contributed by atoms with Crippen molar-refractivity contribution in [3.63, 3.8) is 0 Å². The molecule has 0 aliphatic carbocycles. The van der Waals surface area contributed by atoms with Gasteiger partial charge >= 0.3 is 0 Å². The Morgan fingerprint density at radius 2 is 1.95 bits per heavy atom. The first kappa shape index (κ1) is 13.0. The fourth-order valence-electron chi connectivity index (χ4n) is 2.34. The Kier molecular flexibility index (Phi) is 3.87. The normalized spacial score (nSPS) is 16.1. The Morgan fingerprint density at radius 1 is 1.20 bits per heavy atom. The maximum Gasteiger partial charge on any atom is 0.223 e. The van der Waals surface area contributed by atoms with Gasteiger partial charge < -0.3 is 10.1 Å². The predicted molar refractivity (Wildman–Crippen MR) is 77.5 cm³/mol. The topological polar surface area (TPSA) is 59.9 Å². The van der Waals surface area contributed by atoms with Gasteiger partial charge in [0.15, 0.2) is 0 Å². The highest BCUT2D eigenvalue weighted by Crippen LogP contribution is 2.21. The van der Waals surface area contributed by atoms with Crippen molar-refractivity contribution >= 4 is 5.95 Å². The first-order chi connectivity index (χ1) is 9.83. The summed E-state index contributed by atoms with van der Waals surface area (Å²) >= 11 is 0. The number of anilines is 1. The molecular weight excluding hydrogens is 252 g/mol. The van der Waals surface area contributed by atoms with Crippen LogP contribution in [0.3, 0.4) is 0 Å². The molecule has 5 heteroatoms. The van der Waals surface area contributed by atoms with Crippen LogP contribution < -0.4 is 5.32 Å². The zero-order chi connectivity index (χ0) is 13.8. The van der Waals surface area contributed by atoms with Crippen molar-refractivity contribution in [2.75, 3.05) is 18.5 Å². The van der Waals surface area contributed by atoms with E-state index in [9.17, 15) is 0 Å². The van der Waals surface area contributed by atoms with Crippen molar-refractivity contribution in [3.05, 3.63) is 36.3 Å². The molecular formula is C15H18N4O. The highest BCUT2D eigenvalue weighted by atomic mass is 16.5. The molecule has 0 aromatic carbocycles. The third-order valence-electron chi connectivity index (χ3n) is 3.48. The Balaban J connectivity index is 1.83. The number of ether oxygens (including phenoxy) is 1. The Morgan fingerprint density at radius 3 is 2.70 bits per heavy atom. The maximum atomic E-state index is 5.36. The lowest BCUT2D eigenvalue weighted by molar-refractivity contribution is 0.0903. The van der Waals surface area contributed by atoms with Crippen molar-refractivity contribution in [3.8, 4) is 11.3 Å². The van der Waals surface area contributed by atoms with Gasteiger partial charge in [0.1, 0.15) is 0 Å². The molecule has 104 valence electrons. The van der Waals surface area contributed by atoms with Gasteiger partial charge in [-0.15, -0.1) is 0 Å². The number of nitrogens with zero attached hydrogens (tertiary/aromatic N) is 3. The molecule has 5 nitrogen and oxygen atoms in total. The minimum atomic E-state index is 0.400. The van der Waals surface area contributed by atoms with Crippen LogP contribution in [-0.2, 0) is 4.74 Å². The summed E-state index contributed by atoms with van der Waals surface area (Å²) in [5.74, 6) is 0.689. The SMILES string of the molecule is Cc1cnc(NC2CCOCC2)nc1-c1ccncc1. The zero-order valence-corrected chi connectivity index (χ0v) is 11.5. The molecule has 0 spiro atoms. The van der Waals surface area contributed by atoms with E-state index in [1.165, 1.54) is 0 Å². The number of aryl methyl sites for hydroxylation is 1. The second-order valence-electron chi connectivity index (χ2n) is 4.99. The van der Waals surface area contributed by atoms with E-state index < -0.39 is 0 Å². The smallest absolute Gasteiger partial charge is 0.223 e. The first-order valence-electron chi connectivity index (χ1n) is 6.91. The summed E-state index contributed by atoms with van der Waals surface area (Å²) in [6, 6.07) is 4.33. The Bertz CT molecular complexity index is 567. The number of rotatable bonds is 3. The highest BCUT2D eigenvalue weighted by molar-refractivity contribution is 5.63. The Hall–Kier alpha value is -2.01. The second-order valence-corrected chi connectivity index (χ2v) is 4.99. The van der Waals surface area contributed by atoms with Crippen LogP contribution in [0.2, 0.25) is 0 Å². The van der Waals surface area contributed by atoms with Gasteiger partial charge in [-0.1, -0.05) is 0 Å². The molecule has 0 atom stereocenters. The largest absolute Gasteiger partial charge is 0.381 e. The minimum absolute atomic E-state index is 0.400. The van der Waals surface area contributed by atoms with Gasteiger partial charge in [0.05, 0.1) is 5.69 Å². The second kappa shape index (κ2) is 5.96. The van der Waals surface area contributed by atoms with E-state index in [4.69, 9.17) is 4.74 Å². The van der Waals surface area contributed by atoms with E-state index in [1.807, 2.05) is 25.3 Å². The number of nitrogens with one attached hydrogen (secondary N) is 1. The quantitative estimate of drug-likeness (QED) is 0.928. The Labute approximate surface area is 118 Å². The molecule has 0 bridgehead atoms. The third kappa shape index (κ3) is 2.93. The van der Waals surface area contributed by atoms with Gasteiger partial charge in [0.2, 0.25) is 5.95 Å². The van der Waals surface area contributed by atoms with Gasteiger partial charge in [0, 0.05) is 43.4 Å². The van der Waals surface area contributed by atoms with Crippen LogP contribution in [0, 0.1) is 6.92 Å². The van der Waals surface area contributed by atoms with Crippen LogP contribution in [0.15, 0.2) is 30.7 Å². The third-order valence-corrected chi connectivity index (χ3v) is 3.48. The van der Waals surface area contributed by atoms with Crippen LogP contribution in [0.1, 0.15) is 18.4 Å². The molecule has 0 saturated carbocycles. The molecule has 2 aromatic heterocycles. The fourth-order valence-corrected chi connectivity index (χ4v) is 2.34. The van der Waals surface area contributed by atoms with Gasteiger partial charge in [-0.25, -0.2) is 9.97 Å². The summed E-state index contributed by atoms with van der Waals surface area (Å²) < 4.78 is 5.36. The maximum absolute atomic E-state index is 5.36. The van der Waals surface area contributed by atoms with Crippen LogP contribution in [0.5, 0.6) is 0 Å². The van der Waals surface area contributed by atoms with E-state index in [0.717, 1.165) is 42.9 Å². The van der Waals surface area contributed by atoms with E-state index >= 15 is 0 Å². The van der Waals surface area contributed by atoms with Crippen LogP contribution >= 0.6 is 0 Å². The monoisotopic (exact) mass is 270 g/mol. The summed E-state index contributed by atoms with van der Waals surface area (Å²) in [4.78, 5) is 13.1. The van der Waals surface area contributed by atoms with Gasteiger partial charge in [-0.2, -0.15) is 0 Å². The van der Waals surface area contributed by atoms with Crippen molar-refractivity contribution in [2.24, 2.45) is 0 Å². The average molecular weight is 270 g/mol. The molecule has 1 aliphatic heterocycles. The van der Waals surface area contributed by atoms with Gasteiger partial charge in [-0.3, -0.25) is 4.98 Å². The lowest BCUT2D eigenvalue weighted by Crippen LogP contribution is -2.28. The standard InChI is InChI=1S/C15H18N4O/c1-11-10-17-15(18-13-4-8-20-9-5-13)19-14(11)12-2-6-16-7-3-12/h2-3,6-7,10,13H,4-5,8-9H2,1H3,(H,17,18,19). The molecule has 20 heavy (non-hydrogen) atoms. The van der Waals surface area contributed by atoms with Gasteiger partial charge in [-0.05, 0) is 37.5 Å². The lowest BCUT2D eigenvalue weighted by Gasteiger charge is -2.23. The molecule has 1 aliphatic rings. The molecule has 3 rings (SSSR count). The first-order valence-corrected chi connectivity index (χ1v) is 6.91. The average Bonchev–Trinajstić information content (AvgIpc) is 2.51. The van der Waals surface area contributed by atoms with Crippen LogP contribution in [0.25, 0.3) is 11.3 Å². The van der Waals surface area contributed by atoms with Crippen molar-refractivity contribution in [1.82, 2.24) is 15.0 Å². The molecule has 0 unspecified atom stereocenters. The van der Waals surface area contributed by atoms with E-state index in [2.05, 4.69) is 20.3 Å². The van der Waals surface area contributed by atoms with E-state index in [1.54, 1.807) is 12.4 Å². The summed E-state index contributed by atoms with van der Waals surface area (Å²) in [6.45, 7) is 3.63. The van der Waals surface area contributed by atoms with Crippen molar-refractivity contribution in [2.45, 2.75) is 25.8 Å². The molecule has 2 aromatic rings. The lowest BCUT2D eigenvalue weighted by atomic mass is 10.1. The molecule has 1 N–H and O–H groups in total.